The van der Waals surface area contributed by atoms with Crippen LogP contribution in [0.3, 0.4) is 0 Å². The number of ether oxygens (including phenoxy) is 3. The second-order valence-electron chi connectivity index (χ2n) is 9.97. The van der Waals surface area contributed by atoms with E-state index >= 15 is 0 Å². The number of esters is 1. The van der Waals surface area contributed by atoms with Gasteiger partial charge in [0.1, 0.15) is 23.9 Å². The number of hydrogen-bond acceptors (Lipinski definition) is 6. The van der Waals surface area contributed by atoms with Crippen LogP contribution in [0.25, 0.3) is 16.7 Å². The Balaban J connectivity index is 1.57. The molecule has 0 spiro atoms. The number of hydrogen-bond donors (Lipinski definition) is 1. The summed E-state index contributed by atoms with van der Waals surface area (Å²) >= 11 is 0. The van der Waals surface area contributed by atoms with Gasteiger partial charge in [0.25, 0.3) is 0 Å². The molecule has 1 N–H and O–H groups in total. The van der Waals surface area contributed by atoms with E-state index in [0.717, 1.165) is 39.3 Å². The first-order valence-corrected chi connectivity index (χ1v) is 12.5. The highest BCUT2D eigenvalue weighted by Gasteiger charge is 2.27. The average molecular weight is 510 g/mol. The van der Waals surface area contributed by atoms with E-state index < -0.39 is 5.97 Å². The van der Waals surface area contributed by atoms with Crippen LogP contribution in [-0.2, 0) is 6.61 Å². The molecule has 1 aliphatic heterocycles. The van der Waals surface area contributed by atoms with Crippen molar-refractivity contribution in [3.05, 3.63) is 102 Å². The molecule has 6 nitrogen and oxygen atoms in total. The van der Waals surface area contributed by atoms with E-state index in [1.165, 1.54) is 11.8 Å². The first kappa shape index (κ1) is 25.2. The van der Waals surface area contributed by atoms with Crippen molar-refractivity contribution in [2.75, 3.05) is 12.4 Å². The zero-order valence-electron chi connectivity index (χ0n) is 22.3. The van der Waals surface area contributed by atoms with Crippen LogP contribution >= 0.6 is 0 Å². The highest BCUT2D eigenvalue weighted by Crippen LogP contribution is 2.43. The summed E-state index contributed by atoms with van der Waals surface area (Å²) in [4.78, 5) is 12.4. The summed E-state index contributed by atoms with van der Waals surface area (Å²) in [6, 6.07) is 20.8. The minimum Gasteiger partial charge on any atom is -0.496 e. The number of allylic oxidation sites excluding steroid dienone is 1. The third kappa shape index (κ3) is 5.02. The van der Waals surface area contributed by atoms with E-state index in [1.54, 1.807) is 31.4 Å². The van der Waals surface area contributed by atoms with Crippen molar-refractivity contribution in [1.29, 1.82) is 0 Å². The number of rotatable bonds is 7. The fourth-order valence-corrected chi connectivity index (χ4v) is 4.98. The number of carbonyl (C=O) groups excluding carboxylic acids is 1. The molecule has 3 aromatic carbocycles. The zero-order chi connectivity index (χ0) is 26.9. The first-order chi connectivity index (χ1) is 18.3. The van der Waals surface area contributed by atoms with Gasteiger partial charge in [-0.1, -0.05) is 30.3 Å². The van der Waals surface area contributed by atoms with Gasteiger partial charge in [0.2, 0.25) is 5.76 Å². The normalized spacial score (nSPS) is 13.7. The van der Waals surface area contributed by atoms with Crippen molar-refractivity contribution in [2.24, 2.45) is 0 Å². The van der Waals surface area contributed by atoms with Crippen molar-refractivity contribution < 1.29 is 23.4 Å². The SMILES string of the molecule is COc1cc(OC(=O)c2ccco2)ccc1-c1ccc2c(c1COc1ccccc1C)C(C)=CC(C)(C)N2. The topological polar surface area (TPSA) is 69.9 Å². The number of anilines is 1. The van der Waals surface area contributed by atoms with Gasteiger partial charge >= 0.3 is 5.97 Å². The minimum absolute atomic E-state index is 0.135. The number of furan rings is 1. The van der Waals surface area contributed by atoms with Crippen LogP contribution in [0.1, 0.15) is 48.0 Å². The molecular formula is C32H31NO5. The van der Waals surface area contributed by atoms with Crippen molar-refractivity contribution in [3.63, 3.8) is 0 Å². The molecule has 1 aromatic heterocycles. The third-order valence-corrected chi connectivity index (χ3v) is 6.60. The van der Waals surface area contributed by atoms with Gasteiger partial charge in [0, 0.05) is 28.4 Å². The number of benzene rings is 3. The molecule has 0 bridgehead atoms. The summed E-state index contributed by atoms with van der Waals surface area (Å²) < 4.78 is 22.8. The molecule has 1 aliphatic rings. The Morgan fingerprint density at radius 1 is 0.947 bits per heavy atom. The van der Waals surface area contributed by atoms with Crippen LogP contribution in [0.2, 0.25) is 0 Å². The molecule has 0 aliphatic carbocycles. The fourth-order valence-electron chi connectivity index (χ4n) is 4.98. The van der Waals surface area contributed by atoms with E-state index in [-0.39, 0.29) is 11.3 Å². The Hall–Kier alpha value is -4.45. The highest BCUT2D eigenvalue weighted by molar-refractivity contribution is 5.90. The molecule has 0 amide bonds. The molecule has 5 rings (SSSR count). The maximum atomic E-state index is 12.4. The molecule has 6 heteroatoms. The molecule has 0 radical (unpaired) electrons. The smallest absolute Gasteiger partial charge is 0.379 e. The number of aryl methyl sites for hydroxylation is 1. The number of carbonyl (C=O) groups is 1. The lowest BCUT2D eigenvalue weighted by atomic mass is 9.85. The Bertz CT molecular complexity index is 1520. The zero-order valence-corrected chi connectivity index (χ0v) is 22.3. The van der Waals surface area contributed by atoms with E-state index in [4.69, 9.17) is 18.6 Å². The van der Waals surface area contributed by atoms with Crippen molar-refractivity contribution in [3.8, 4) is 28.4 Å². The van der Waals surface area contributed by atoms with E-state index in [9.17, 15) is 4.79 Å². The Morgan fingerprint density at radius 2 is 1.74 bits per heavy atom. The van der Waals surface area contributed by atoms with Gasteiger partial charge in [-0.05, 0) is 80.8 Å². The second kappa shape index (κ2) is 10.1. The van der Waals surface area contributed by atoms with Gasteiger partial charge in [-0.15, -0.1) is 0 Å². The van der Waals surface area contributed by atoms with E-state index in [1.807, 2.05) is 37.3 Å². The Morgan fingerprint density at radius 3 is 2.47 bits per heavy atom. The van der Waals surface area contributed by atoms with E-state index in [2.05, 4.69) is 44.3 Å². The number of para-hydroxylation sites is 1. The molecule has 0 unspecified atom stereocenters. The van der Waals surface area contributed by atoms with Gasteiger partial charge in [-0.3, -0.25) is 0 Å². The summed E-state index contributed by atoms with van der Waals surface area (Å²) in [5.41, 5.74) is 7.16. The molecular weight excluding hydrogens is 478 g/mol. The summed E-state index contributed by atoms with van der Waals surface area (Å²) in [6.07, 6.45) is 3.67. The number of nitrogens with one attached hydrogen (secondary N) is 1. The fraction of sp³-hybridized carbons (Fsp3) is 0.219. The molecule has 0 fully saturated rings. The summed E-state index contributed by atoms with van der Waals surface area (Å²) in [6.45, 7) is 8.86. The third-order valence-electron chi connectivity index (χ3n) is 6.60. The Labute approximate surface area is 222 Å². The monoisotopic (exact) mass is 509 g/mol. The van der Waals surface area contributed by atoms with Crippen LogP contribution in [0.4, 0.5) is 5.69 Å². The quantitative estimate of drug-likeness (QED) is 0.204. The lowest BCUT2D eigenvalue weighted by Crippen LogP contribution is -2.32. The highest BCUT2D eigenvalue weighted by atomic mass is 16.5. The van der Waals surface area contributed by atoms with Crippen LogP contribution in [0.15, 0.2) is 83.5 Å². The molecule has 194 valence electrons. The lowest BCUT2D eigenvalue weighted by molar-refractivity contribution is 0.0701. The minimum atomic E-state index is -0.569. The maximum Gasteiger partial charge on any atom is 0.379 e. The van der Waals surface area contributed by atoms with Gasteiger partial charge < -0.3 is 23.9 Å². The summed E-state index contributed by atoms with van der Waals surface area (Å²) in [5, 5.41) is 3.64. The van der Waals surface area contributed by atoms with Gasteiger partial charge in [0.05, 0.1) is 18.9 Å². The van der Waals surface area contributed by atoms with Crippen molar-refractivity contribution in [2.45, 2.75) is 39.8 Å². The second-order valence-corrected chi connectivity index (χ2v) is 9.97. The van der Waals surface area contributed by atoms with Crippen LogP contribution in [-0.4, -0.2) is 18.6 Å². The average Bonchev–Trinajstić information content (AvgIpc) is 3.43. The van der Waals surface area contributed by atoms with Crippen LogP contribution < -0.4 is 19.5 Å². The van der Waals surface area contributed by atoms with Gasteiger partial charge in [-0.25, -0.2) is 4.79 Å². The van der Waals surface area contributed by atoms with Crippen molar-refractivity contribution >= 4 is 17.2 Å². The lowest BCUT2D eigenvalue weighted by Gasteiger charge is -2.33. The van der Waals surface area contributed by atoms with E-state index in [0.29, 0.717) is 18.1 Å². The predicted octanol–water partition coefficient (Wildman–Crippen LogP) is 7.67. The molecule has 0 saturated carbocycles. The molecule has 38 heavy (non-hydrogen) atoms. The number of fused-ring (bicyclic) bond motifs is 1. The van der Waals surface area contributed by atoms with Crippen molar-refractivity contribution in [1.82, 2.24) is 0 Å². The standard InChI is InChI=1S/C32H31NO5/c1-20-9-6-7-10-27(20)37-19-25-23(14-15-26-30(25)21(2)18-32(3,4)33-26)24-13-12-22(17-29(24)35-5)38-31(34)28-11-8-16-36-28/h6-18,33H,19H2,1-5H3. The van der Waals surface area contributed by atoms with Gasteiger partial charge in [0.15, 0.2) is 0 Å². The maximum absolute atomic E-state index is 12.4. The molecule has 2 heterocycles. The Kier molecular flexibility index (Phi) is 6.72. The first-order valence-electron chi connectivity index (χ1n) is 12.5. The van der Waals surface area contributed by atoms with Crippen LogP contribution in [0.5, 0.6) is 17.2 Å². The molecule has 4 aromatic rings. The summed E-state index contributed by atoms with van der Waals surface area (Å²) in [5.74, 6) is 1.35. The summed E-state index contributed by atoms with van der Waals surface area (Å²) in [7, 11) is 1.61. The molecule has 0 saturated heterocycles. The largest absolute Gasteiger partial charge is 0.496 e. The van der Waals surface area contributed by atoms with Gasteiger partial charge in [-0.2, -0.15) is 0 Å². The molecule has 0 atom stereocenters. The number of methoxy groups -OCH3 is 1. The van der Waals surface area contributed by atoms with Crippen LogP contribution in [0, 0.1) is 6.92 Å². The predicted molar refractivity (Wildman–Crippen MR) is 149 cm³/mol.